The van der Waals surface area contributed by atoms with Crippen molar-refractivity contribution in [1.29, 1.82) is 0 Å². The summed E-state index contributed by atoms with van der Waals surface area (Å²) in [5, 5.41) is 0. The van der Waals surface area contributed by atoms with E-state index in [1.165, 1.54) is 0 Å². The second-order valence-corrected chi connectivity index (χ2v) is 5.16. The van der Waals surface area contributed by atoms with E-state index in [1.54, 1.807) is 17.0 Å². The van der Waals surface area contributed by atoms with E-state index in [-0.39, 0.29) is 12.2 Å². The molecule has 2 unspecified atom stereocenters. The molecule has 1 saturated heterocycles. The van der Waals surface area contributed by atoms with Gasteiger partial charge < -0.3 is 9.64 Å². The Balaban J connectivity index is 2.10. The second kappa shape index (κ2) is 5.53. The molecule has 0 aromatic heterocycles. The number of amides is 1. The molecule has 1 heterocycles. The van der Waals surface area contributed by atoms with E-state index in [0.717, 1.165) is 5.56 Å². The van der Waals surface area contributed by atoms with Gasteiger partial charge in [0.25, 0.3) is 5.91 Å². The van der Waals surface area contributed by atoms with Gasteiger partial charge in [-0.2, -0.15) is 0 Å². The lowest BCUT2D eigenvalue weighted by Crippen LogP contribution is -2.50. The fraction of sp³-hybridized carbons (Fsp3) is 0.467. The Morgan fingerprint density at radius 2 is 1.63 bits per heavy atom. The van der Waals surface area contributed by atoms with Crippen molar-refractivity contribution in [2.45, 2.75) is 33.0 Å². The van der Waals surface area contributed by atoms with Crippen molar-refractivity contribution >= 4 is 11.7 Å². The molecule has 102 valence electrons. The van der Waals surface area contributed by atoms with Crippen molar-refractivity contribution in [2.24, 2.45) is 0 Å². The number of hydrogen-bond donors (Lipinski definition) is 0. The van der Waals surface area contributed by atoms with Gasteiger partial charge >= 0.3 is 0 Å². The molecule has 0 bridgehead atoms. The molecule has 19 heavy (non-hydrogen) atoms. The van der Waals surface area contributed by atoms with Crippen LogP contribution in [0.3, 0.4) is 0 Å². The van der Waals surface area contributed by atoms with Crippen LogP contribution in [0.1, 0.15) is 29.8 Å². The predicted octanol–water partition coefficient (Wildman–Crippen LogP) is 1.81. The van der Waals surface area contributed by atoms with Crippen molar-refractivity contribution in [3.05, 3.63) is 35.4 Å². The van der Waals surface area contributed by atoms with Crippen LogP contribution in [0.5, 0.6) is 0 Å². The third-order valence-electron chi connectivity index (χ3n) is 3.21. The molecule has 1 aliphatic heterocycles. The number of benzene rings is 1. The van der Waals surface area contributed by atoms with Gasteiger partial charge in [-0.05, 0) is 20.8 Å². The molecule has 2 rings (SSSR count). The molecule has 0 N–H and O–H groups in total. The average Bonchev–Trinajstić information content (AvgIpc) is 2.37. The molecule has 2 atom stereocenters. The molecule has 1 fully saturated rings. The van der Waals surface area contributed by atoms with Crippen molar-refractivity contribution in [3.8, 4) is 0 Å². The Hall–Kier alpha value is -1.68. The number of carbonyl (C=O) groups is 2. The highest BCUT2D eigenvalue weighted by Gasteiger charge is 2.30. The van der Waals surface area contributed by atoms with Crippen LogP contribution in [0.4, 0.5) is 0 Å². The topological polar surface area (TPSA) is 46.6 Å². The molecular weight excluding hydrogens is 242 g/mol. The summed E-state index contributed by atoms with van der Waals surface area (Å²) < 4.78 is 5.56. The van der Waals surface area contributed by atoms with E-state index >= 15 is 0 Å². The van der Waals surface area contributed by atoms with Crippen LogP contribution in [-0.4, -0.2) is 41.9 Å². The fourth-order valence-electron chi connectivity index (χ4n) is 2.32. The van der Waals surface area contributed by atoms with E-state index < -0.39 is 11.7 Å². The molecule has 1 amide bonds. The lowest BCUT2D eigenvalue weighted by Gasteiger charge is -2.34. The number of morpholine rings is 1. The number of ether oxygens (including phenoxy) is 1. The number of carbonyl (C=O) groups excluding carboxylic acids is 2. The van der Waals surface area contributed by atoms with Gasteiger partial charge in [0.15, 0.2) is 0 Å². The first-order valence-electron chi connectivity index (χ1n) is 6.53. The molecule has 1 aliphatic rings. The molecule has 0 aliphatic carbocycles. The number of aryl methyl sites for hydroxylation is 1. The molecule has 4 heteroatoms. The van der Waals surface area contributed by atoms with Crippen LogP contribution in [-0.2, 0) is 9.53 Å². The maximum Gasteiger partial charge on any atom is 0.295 e. The monoisotopic (exact) mass is 261 g/mol. The van der Waals surface area contributed by atoms with Crippen molar-refractivity contribution in [3.63, 3.8) is 0 Å². The first-order chi connectivity index (χ1) is 8.97. The fourth-order valence-corrected chi connectivity index (χ4v) is 2.32. The van der Waals surface area contributed by atoms with Crippen molar-refractivity contribution in [2.75, 3.05) is 13.1 Å². The van der Waals surface area contributed by atoms with Gasteiger partial charge in [0.2, 0.25) is 5.78 Å². The Labute approximate surface area is 113 Å². The third-order valence-corrected chi connectivity index (χ3v) is 3.21. The van der Waals surface area contributed by atoms with E-state index in [2.05, 4.69) is 0 Å². The van der Waals surface area contributed by atoms with Crippen LogP contribution >= 0.6 is 0 Å². The molecular formula is C15H19NO3. The summed E-state index contributed by atoms with van der Waals surface area (Å²) in [5.74, 6) is -0.882. The zero-order valence-corrected chi connectivity index (χ0v) is 11.6. The number of ketones is 1. The molecule has 0 radical (unpaired) electrons. The lowest BCUT2D eigenvalue weighted by molar-refractivity contribution is -0.138. The van der Waals surface area contributed by atoms with Gasteiger partial charge in [-0.3, -0.25) is 9.59 Å². The average molecular weight is 261 g/mol. The molecule has 4 nitrogen and oxygen atoms in total. The highest BCUT2D eigenvalue weighted by Crippen LogP contribution is 2.13. The summed E-state index contributed by atoms with van der Waals surface area (Å²) in [4.78, 5) is 25.9. The van der Waals surface area contributed by atoms with Gasteiger partial charge in [0, 0.05) is 18.7 Å². The van der Waals surface area contributed by atoms with Gasteiger partial charge in [0.05, 0.1) is 12.2 Å². The normalized spacial score (nSPS) is 23.2. The zero-order valence-electron chi connectivity index (χ0n) is 11.6. The van der Waals surface area contributed by atoms with Gasteiger partial charge in [-0.15, -0.1) is 0 Å². The Bertz CT molecular complexity index is 471. The molecule has 1 aromatic rings. The summed E-state index contributed by atoms with van der Waals surface area (Å²) >= 11 is 0. The summed E-state index contributed by atoms with van der Waals surface area (Å²) in [5.41, 5.74) is 1.51. The Morgan fingerprint density at radius 3 is 2.16 bits per heavy atom. The number of nitrogens with zero attached hydrogens (tertiary/aromatic N) is 1. The molecule has 0 spiro atoms. The quantitative estimate of drug-likeness (QED) is 0.602. The summed E-state index contributed by atoms with van der Waals surface area (Å²) in [7, 11) is 0. The Kier molecular flexibility index (Phi) is 4.00. The first kappa shape index (κ1) is 13.7. The van der Waals surface area contributed by atoms with E-state index in [9.17, 15) is 9.59 Å². The molecule has 0 saturated carbocycles. The number of rotatable bonds is 2. The standard InChI is InChI=1S/C15H19NO3/c1-10-4-6-13(7-5-10)14(17)15(18)16-8-11(2)19-12(3)9-16/h4-7,11-12H,8-9H2,1-3H3. The second-order valence-electron chi connectivity index (χ2n) is 5.16. The maximum absolute atomic E-state index is 12.2. The Morgan fingerprint density at radius 1 is 1.11 bits per heavy atom. The lowest BCUT2D eigenvalue weighted by atomic mass is 10.1. The van der Waals surface area contributed by atoms with Crippen LogP contribution in [0, 0.1) is 6.92 Å². The van der Waals surface area contributed by atoms with Gasteiger partial charge in [-0.25, -0.2) is 0 Å². The smallest absolute Gasteiger partial charge is 0.295 e. The number of hydrogen-bond acceptors (Lipinski definition) is 3. The van der Waals surface area contributed by atoms with Crippen LogP contribution < -0.4 is 0 Å². The minimum atomic E-state index is -0.443. The third kappa shape index (κ3) is 3.20. The summed E-state index contributed by atoms with van der Waals surface area (Å²) in [6.45, 7) is 6.71. The van der Waals surface area contributed by atoms with E-state index in [4.69, 9.17) is 4.74 Å². The van der Waals surface area contributed by atoms with Gasteiger partial charge in [0.1, 0.15) is 0 Å². The molecule has 1 aromatic carbocycles. The summed E-state index contributed by atoms with van der Waals surface area (Å²) in [6, 6.07) is 7.07. The minimum absolute atomic E-state index is 0.0292. The van der Waals surface area contributed by atoms with E-state index in [1.807, 2.05) is 32.9 Å². The first-order valence-corrected chi connectivity index (χ1v) is 6.53. The highest BCUT2D eigenvalue weighted by molar-refractivity contribution is 6.42. The van der Waals surface area contributed by atoms with Crippen molar-refractivity contribution in [1.82, 2.24) is 4.90 Å². The number of Topliss-reactive ketones (excluding diaryl/α,β-unsaturated/α-hetero) is 1. The van der Waals surface area contributed by atoms with Crippen LogP contribution in [0.2, 0.25) is 0 Å². The highest BCUT2D eigenvalue weighted by atomic mass is 16.5. The van der Waals surface area contributed by atoms with Crippen LogP contribution in [0.25, 0.3) is 0 Å². The SMILES string of the molecule is Cc1ccc(C(=O)C(=O)N2CC(C)OC(C)C2)cc1. The zero-order chi connectivity index (χ0) is 14.0. The minimum Gasteiger partial charge on any atom is -0.372 e. The summed E-state index contributed by atoms with van der Waals surface area (Å²) in [6.07, 6.45) is -0.0583. The van der Waals surface area contributed by atoms with E-state index in [0.29, 0.717) is 18.7 Å². The largest absolute Gasteiger partial charge is 0.372 e. The predicted molar refractivity (Wildman–Crippen MR) is 72.1 cm³/mol. The maximum atomic E-state index is 12.2. The van der Waals surface area contributed by atoms with Crippen LogP contribution in [0.15, 0.2) is 24.3 Å². The van der Waals surface area contributed by atoms with Gasteiger partial charge in [-0.1, -0.05) is 29.8 Å². The van der Waals surface area contributed by atoms with Crippen molar-refractivity contribution < 1.29 is 14.3 Å².